The minimum atomic E-state index is -1.20. The predicted octanol–water partition coefficient (Wildman–Crippen LogP) is 0.636. The highest BCUT2D eigenvalue weighted by Gasteiger charge is 2.22. The number of aromatic nitrogens is 2. The van der Waals surface area contributed by atoms with Crippen molar-refractivity contribution in [1.82, 2.24) is 15.3 Å². The standard InChI is InChI=1S/C9H13N3O3/c1-9(2,3)12-7(13)5-6(8(14)15)11-4-10-5/h4H,1-3H3,(H,10,11)(H,12,13)(H,14,15). The van der Waals surface area contributed by atoms with E-state index in [2.05, 4.69) is 15.3 Å². The van der Waals surface area contributed by atoms with Crippen molar-refractivity contribution >= 4 is 11.9 Å². The summed E-state index contributed by atoms with van der Waals surface area (Å²) in [6, 6.07) is 0. The highest BCUT2D eigenvalue weighted by molar-refractivity contribution is 6.02. The van der Waals surface area contributed by atoms with Crippen molar-refractivity contribution < 1.29 is 14.7 Å². The number of hydrogen-bond donors (Lipinski definition) is 3. The first-order valence-corrected chi connectivity index (χ1v) is 4.40. The molecule has 0 aromatic carbocycles. The molecule has 1 aromatic heterocycles. The van der Waals surface area contributed by atoms with Crippen molar-refractivity contribution in [1.29, 1.82) is 0 Å². The van der Waals surface area contributed by atoms with E-state index in [0.717, 1.165) is 0 Å². The van der Waals surface area contributed by atoms with E-state index in [0.29, 0.717) is 0 Å². The molecular weight excluding hydrogens is 198 g/mol. The average molecular weight is 211 g/mol. The minimum Gasteiger partial charge on any atom is -0.477 e. The lowest BCUT2D eigenvalue weighted by molar-refractivity contribution is 0.0683. The number of nitrogens with one attached hydrogen (secondary N) is 2. The van der Waals surface area contributed by atoms with Gasteiger partial charge in [-0.15, -0.1) is 0 Å². The molecule has 3 N–H and O–H groups in total. The Kier molecular flexibility index (Phi) is 2.78. The maximum absolute atomic E-state index is 11.6. The zero-order valence-electron chi connectivity index (χ0n) is 8.79. The minimum absolute atomic E-state index is 0.0996. The fraction of sp³-hybridized carbons (Fsp3) is 0.444. The highest BCUT2D eigenvalue weighted by atomic mass is 16.4. The van der Waals surface area contributed by atoms with E-state index in [1.54, 1.807) is 20.8 Å². The molecule has 0 fully saturated rings. The molecule has 6 heteroatoms. The average Bonchev–Trinajstić information content (AvgIpc) is 2.47. The molecule has 1 heterocycles. The zero-order valence-corrected chi connectivity index (χ0v) is 8.79. The third-order valence-electron chi connectivity index (χ3n) is 1.56. The Morgan fingerprint density at radius 2 is 2.07 bits per heavy atom. The van der Waals surface area contributed by atoms with Crippen molar-refractivity contribution in [3.63, 3.8) is 0 Å². The lowest BCUT2D eigenvalue weighted by atomic mass is 10.1. The van der Waals surface area contributed by atoms with Gasteiger partial charge >= 0.3 is 5.97 Å². The molecule has 0 saturated heterocycles. The van der Waals surface area contributed by atoms with E-state index >= 15 is 0 Å². The SMILES string of the molecule is CC(C)(C)NC(=O)c1nc[nH]c1C(=O)O. The Balaban J connectivity index is 2.92. The van der Waals surface area contributed by atoms with Gasteiger partial charge in [0.1, 0.15) is 0 Å². The summed E-state index contributed by atoms with van der Waals surface area (Å²) in [5.74, 6) is -1.70. The number of aromatic carboxylic acids is 1. The molecule has 0 bridgehead atoms. The van der Waals surface area contributed by atoms with Gasteiger partial charge in [0.15, 0.2) is 11.4 Å². The lowest BCUT2D eigenvalue weighted by Crippen LogP contribution is -2.41. The number of nitrogens with zero attached hydrogens (tertiary/aromatic N) is 1. The van der Waals surface area contributed by atoms with Gasteiger partial charge in [-0.1, -0.05) is 0 Å². The number of carboxylic acids is 1. The van der Waals surface area contributed by atoms with Crippen LogP contribution in [0, 0.1) is 0 Å². The molecule has 0 spiro atoms. The number of aromatic amines is 1. The van der Waals surface area contributed by atoms with Crippen LogP contribution in [0.15, 0.2) is 6.33 Å². The van der Waals surface area contributed by atoms with Gasteiger partial charge in [0.2, 0.25) is 0 Å². The van der Waals surface area contributed by atoms with Crippen LogP contribution in [-0.2, 0) is 0 Å². The summed E-state index contributed by atoms with van der Waals surface area (Å²) < 4.78 is 0. The second-order valence-corrected chi connectivity index (χ2v) is 4.14. The molecular formula is C9H13N3O3. The summed E-state index contributed by atoms with van der Waals surface area (Å²) in [6.07, 6.45) is 1.18. The fourth-order valence-corrected chi connectivity index (χ4v) is 1.03. The Hall–Kier alpha value is -1.85. The van der Waals surface area contributed by atoms with Gasteiger partial charge in [-0.05, 0) is 20.8 Å². The van der Waals surface area contributed by atoms with Crippen LogP contribution >= 0.6 is 0 Å². The number of amides is 1. The summed E-state index contributed by atoms with van der Waals surface area (Å²) in [7, 11) is 0. The fourth-order valence-electron chi connectivity index (χ4n) is 1.03. The van der Waals surface area contributed by atoms with Crippen LogP contribution in [0.3, 0.4) is 0 Å². The van der Waals surface area contributed by atoms with Gasteiger partial charge in [0.05, 0.1) is 6.33 Å². The molecule has 0 aliphatic heterocycles. The number of rotatable bonds is 2. The van der Waals surface area contributed by atoms with Crippen molar-refractivity contribution in [2.45, 2.75) is 26.3 Å². The van der Waals surface area contributed by atoms with Crippen LogP contribution in [-0.4, -0.2) is 32.5 Å². The van der Waals surface area contributed by atoms with Crippen LogP contribution in [0.4, 0.5) is 0 Å². The maximum Gasteiger partial charge on any atom is 0.354 e. The molecule has 0 saturated carbocycles. The second kappa shape index (κ2) is 3.72. The molecule has 1 rings (SSSR count). The van der Waals surface area contributed by atoms with E-state index in [1.165, 1.54) is 6.33 Å². The summed E-state index contributed by atoms with van der Waals surface area (Å²) in [5.41, 5.74) is -0.722. The summed E-state index contributed by atoms with van der Waals surface area (Å²) >= 11 is 0. The first-order chi connectivity index (χ1) is 6.81. The third kappa shape index (κ3) is 2.80. The molecule has 0 aliphatic rings. The van der Waals surface area contributed by atoms with E-state index in [4.69, 9.17) is 5.11 Å². The van der Waals surface area contributed by atoms with Crippen molar-refractivity contribution in [3.05, 3.63) is 17.7 Å². The predicted molar refractivity (Wildman–Crippen MR) is 52.8 cm³/mol. The Morgan fingerprint density at radius 1 is 1.47 bits per heavy atom. The Labute approximate surface area is 86.7 Å². The summed E-state index contributed by atoms with van der Waals surface area (Å²) in [5, 5.41) is 11.4. The lowest BCUT2D eigenvalue weighted by Gasteiger charge is -2.19. The largest absolute Gasteiger partial charge is 0.477 e. The number of imidazole rings is 1. The van der Waals surface area contributed by atoms with Gasteiger partial charge in [0.25, 0.3) is 5.91 Å². The first kappa shape index (κ1) is 11.2. The van der Waals surface area contributed by atoms with E-state index in [1.807, 2.05) is 0 Å². The van der Waals surface area contributed by atoms with Gasteiger partial charge < -0.3 is 15.4 Å². The topological polar surface area (TPSA) is 95.1 Å². The van der Waals surface area contributed by atoms with Gasteiger partial charge in [-0.3, -0.25) is 4.79 Å². The van der Waals surface area contributed by atoms with Crippen LogP contribution in [0.5, 0.6) is 0 Å². The Morgan fingerprint density at radius 3 is 2.53 bits per heavy atom. The van der Waals surface area contributed by atoms with Gasteiger partial charge in [0, 0.05) is 5.54 Å². The van der Waals surface area contributed by atoms with Crippen LogP contribution in [0.25, 0.3) is 0 Å². The Bertz CT molecular complexity index is 390. The summed E-state index contributed by atoms with van der Waals surface area (Å²) in [4.78, 5) is 28.4. The normalized spacial score (nSPS) is 11.1. The molecule has 0 radical (unpaired) electrons. The molecule has 0 atom stereocenters. The quantitative estimate of drug-likeness (QED) is 0.668. The van der Waals surface area contributed by atoms with Crippen LogP contribution < -0.4 is 5.32 Å². The summed E-state index contributed by atoms with van der Waals surface area (Å²) in [6.45, 7) is 5.41. The third-order valence-corrected chi connectivity index (χ3v) is 1.56. The molecule has 1 aromatic rings. The van der Waals surface area contributed by atoms with Crippen molar-refractivity contribution in [2.75, 3.05) is 0 Å². The van der Waals surface area contributed by atoms with Crippen molar-refractivity contribution in [3.8, 4) is 0 Å². The molecule has 0 unspecified atom stereocenters. The van der Waals surface area contributed by atoms with E-state index in [-0.39, 0.29) is 11.4 Å². The molecule has 15 heavy (non-hydrogen) atoms. The number of carboxylic acid groups (broad SMARTS) is 1. The number of carbonyl (C=O) groups excluding carboxylic acids is 1. The van der Waals surface area contributed by atoms with E-state index in [9.17, 15) is 9.59 Å². The highest BCUT2D eigenvalue weighted by Crippen LogP contribution is 2.06. The van der Waals surface area contributed by atoms with E-state index < -0.39 is 17.4 Å². The molecule has 1 amide bonds. The second-order valence-electron chi connectivity index (χ2n) is 4.14. The van der Waals surface area contributed by atoms with Crippen LogP contribution in [0.2, 0.25) is 0 Å². The maximum atomic E-state index is 11.6. The molecule has 82 valence electrons. The first-order valence-electron chi connectivity index (χ1n) is 4.40. The van der Waals surface area contributed by atoms with Crippen molar-refractivity contribution in [2.24, 2.45) is 0 Å². The number of carbonyl (C=O) groups is 2. The number of hydrogen-bond acceptors (Lipinski definition) is 3. The smallest absolute Gasteiger partial charge is 0.354 e. The van der Waals surface area contributed by atoms with Gasteiger partial charge in [-0.2, -0.15) is 0 Å². The molecule has 0 aliphatic carbocycles. The molecule has 6 nitrogen and oxygen atoms in total. The van der Waals surface area contributed by atoms with Gasteiger partial charge in [-0.25, -0.2) is 9.78 Å². The zero-order chi connectivity index (χ0) is 11.6. The monoisotopic (exact) mass is 211 g/mol. The number of H-pyrrole nitrogens is 1. The van der Waals surface area contributed by atoms with Crippen LogP contribution in [0.1, 0.15) is 41.7 Å².